The van der Waals surface area contributed by atoms with Gasteiger partial charge in [-0.3, -0.25) is 14.5 Å². The summed E-state index contributed by atoms with van der Waals surface area (Å²) in [7, 11) is 0. The van der Waals surface area contributed by atoms with E-state index < -0.39 is 0 Å². The number of benzene rings is 1. The number of hydrogen-bond acceptors (Lipinski definition) is 5. The van der Waals surface area contributed by atoms with E-state index in [0.29, 0.717) is 12.0 Å². The minimum Gasteiger partial charge on any atom is -0.379 e. The summed E-state index contributed by atoms with van der Waals surface area (Å²) >= 11 is 1.64. The molecule has 0 bridgehead atoms. The molecule has 2 N–H and O–H groups in total. The molecule has 1 saturated heterocycles. The number of fused-ring (bicyclic) bond motifs is 1. The van der Waals surface area contributed by atoms with E-state index in [2.05, 4.69) is 15.5 Å². The standard InChI is InChI=1S/C17H23N3O3S/c1-12(11-20-5-7-23-8-6-20)18-17(22)13-2-3-15-14(10-13)19-16(21)4-9-24-15/h2-3,10,12H,4-9,11H2,1H3,(H,18,22)(H,19,21)/t12-/m1/s1. The first-order chi connectivity index (χ1) is 11.6. The molecule has 0 spiro atoms. The molecule has 1 fully saturated rings. The number of hydrogen-bond donors (Lipinski definition) is 2. The lowest BCUT2D eigenvalue weighted by Gasteiger charge is -2.29. The summed E-state index contributed by atoms with van der Waals surface area (Å²) in [6, 6.07) is 5.55. The predicted octanol–water partition coefficient (Wildman–Crippen LogP) is 1.57. The third-order valence-corrected chi connectivity index (χ3v) is 5.19. The fourth-order valence-corrected chi connectivity index (χ4v) is 3.82. The number of nitrogens with zero attached hydrogens (tertiary/aromatic N) is 1. The maximum atomic E-state index is 12.5. The zero-order chi connectivity index (χ0) is 16.9. The Morgan fingerprint density at radius 1 is 1.42 bits per heavy atom. The topological polar surface area (TPSA) is 70.7 Å². The van der Waals surface area contributed by atoms with Crippen LogP contribution in [0, 0.1) is 0 Å². The van der Waals surface area contributed by atoms with E-state index in [1.807, 2.05) is 19.1 Å². The van der Waals surface area contributed by atoms with Crippen LogP contribution in [0.15, 0.2) is 23.1 Å². The summed E-state index contributed by atoms with van der Waals surface area (Å²) in [5, 5.41) is 5.91. The number of amides is 2. The van der Waals surface area contributed by atoms with Crippen LogP contribution in [-0.4, -0.2) is 61.4 Å². The molecule has 6 nitrogen and oxygen atoms in total. The fourth-order valence-electron chi connectivity index (χ4n) is 2.88. The van der Waals surface area contributed by atoms with Crippen molar-refractivity contribution in [3.63, 3.8) is 0 Å². The largest absolute Gasteiger partial charge is 0.379 e. The lowest BCUT2D eigenvalue weighted by atomic mass is 10.1. The summed E-state index contributed by atoms with van der Waals surface area (Å²) in [5.74, 6) is 0.655. The second-order valence-corrected chi connectivity index (χ2v) is 7.28. The summed E-state index contributed by atoms with van der Waals surface area (Å²) < 4.78 is 5.34. The molecule has 2 heterocycles. The van der Waals surface area contributed by atoms with E-state index >= 15 is 0 Å². The van der Waals surface area contributed by atoms with Crippen molar-refractivity contribution < 1.29 is 14.3 Å². The van der Waals surface area contributed by atoms with Crippen molar-refractivity contribution in [1.29, 1.82) is 0 Å². The Bertz CT molecular complexity index is 617. The van der Waals surface area contributed by atoms with Gasteiger partial charge in [0.1, 0.15) is 0 Å². The molecule has 130 valence electrons. The normalized spacial score (nSPS) is 19.8. The van der Waals surface area contributed by atoms with E-state index in [1.165, 1.54) is 0 Å². The van der Waals surface area contributed by atoms with Gasteiger partial charge in [0.15, 0.2) is 0 Å². The van der Waals surface area contributed by atoms with Crippen molar-refractivity contribution in [3.8, 4) is 0 Å². The zero-order valence-electron chi connectivity index (χ0n) is 13.8. The first-order valence-electron chi connectivity index (χ1n) is 8.29. The van der Waals surface area contributed by atoms with Crippen LogP contribution in [0.2, 0.25) is 0 Å². The molecule has 0 saturated carbocycles. The number of anilines is 1. The third-order valence-electron chi connectivity index (χ3n) is 4.12. The van der Waals surface area contributed by atoms with E-state index in [4.69, 9.17) is 4.74 Å². The molecule has 0 aliphatic carbocycles. The number of carbonyl (C=O) groups excluding carboxylic acids is 2. The molecule has 7 heteroatoms. The van der Waals surface area contributed by atoms with Crippen molar-refractivity contribution in [3.05, 3.63) is 23.8 Å². The van der Waals surface area contributed by atoms with Crippen molar-refractivity contribution in [2.45, 2.75) is 24.3 Å². The first kappa shape index (κ1) is 17.3. The predicted molar refractivity (Wildman–Crippen MR) is 94.6 cm³/mol. The molecule has 0 aromatic heterocycles. The second-order valence-electron chi connectivity index (χ2n) is 6.15. The highest BCUT2D eigenvalue weighted by molar-refractivity contribution is 7.99. The molecule has 2 aliphatic rings. The molecule has 0 radical (unpaired) electrons. The van der Waals surface area contributed by atoms with Gasteiger partial charge in [-0.25, -0.2) is 0 Å². The van der Waals surface area contributed by atoms with Crippen LogP contribution in [0.1, 0.15) is 23.7 Å². The Morgan fingerprint density at radius 3 is 3.00 bits per heavy atom. The van der Waals surface area contributed by atoms with Crippen LogP contribution in [-0.2, 0) is 9.53 Å². The van der Waals surface area contributed by atoms with Crippen LogP contribution in [0.3, 0.4) is 0 Å². The highest BCUT2D eigenvalue weighted by Crippen LogP contribution is 2.31. The van der Waals surface area contributed by atoms with Gasteiger partial charge in [-0.2, -0.15) is 0 Å². The number of thioether (sulfide) groups is 1. The maximum Gasteiger partial charge on any atom is 0.251 e. The average Bonchev–Trinajstić information content (AvgIpc) is 2.75. The third kappa shape index (κ3) is 4.49. The van der Waals surface area contributed by atoms with Gasteiger partial charge in [0, 0.05) is 48.3 Å². The number of morpholine rings is 1. The molecule has 24 heavy (non-hydrogen) atoms. The van der Waals surface area contributed by atoms with Gasteiger partial charge in [-0.15, -0.1) is 11.8 Å². The molecular weight excluding hydrogens is 326 g/mol. The van der Waals surface area contributed by atoms with Crippen LogP contribution in [0.4, 0.5) is 5.69 Å². The minimum atomic E-state index is -0.109. The quantitative estimate of drug-likeness (QED) is 0.863. The maximum absolute atomic E-state index is 12.5. The minimum absolute atomic E-state index is 0.000469. The fraction of sp³-hybridized carbons (Fsp3) is 0.529. The molecule has 0 unspecified atom stereocenters. The van der Waals surface area contributed by atoms with Gasteiger partial charge in [0.25, 0.3) is 5.91 Å². The molecule has 2 aliphatic heterocycles. The van der Waals surface area contributed by atoms with E-state index in [0.717, 1.165) is 49.2 Å². The molecule has 1 atom stereocenters. The lowest BCUT2D eigenvalue weighted by Crippen LogP contribution is -2.46. The van der Waals surface area contributed by atoms with Crippen molar-refractivity contribution in [2.75, 3.05) is 43.9 Å². The average molecular weight is 349 g/mol. The SMILES string of the molecule is C[C@H](CN1CCOCC1)NC(=O)c1ccc2c(c1)NC(=O)CCS2. The number of ether oxygens (including phenoxy) is 1. The van der Waals surface area contributed by atoms with Gasteiger partial charge < -0.3 is 15.4 Å². The van der Waals surface area contributed by atoms with Crippen LogP contribution in [0.5, 0.6) is 0 Å². The van der Waals surface area contributed by atoms with Crippen molar-refractivity contribution in [2.24, 2.45) is 0 Å². The van der Waals surface area contributed by atoms with E-state index in [9.17, 15) is 9.59 Å². The Kier molecular flexibility index (Phi) is 5.76. The Hall–Kier alpha value is -1.57. The zero-order valence-corrected chi connectivity index (χ0v) is 14.7. The monoisotopic (exact) mass is 349 g/mol. The van der Waals surface area contributed by atoms with E-state index in [-0.39, 0.29) is 17.9 Å². The number of carbonyl (C=O) groups is 2. The summed E-state index contributed by atoms with van der Waals surface area (Å²) in [4.78, 5) is 27.5. The van der Waals surface area contributed by atoms with Gasteiger partial charge in [0.2, 0.25) is 5.91 Å². The van der Waals surface area contributed by atoms with Crippen LogP contribution in [0.25, 0.3) is 0 Å². The van der Waals surface area contributed by atoms with Gasteiger partial charge in [-0.1, -0.05) is 0 Å². The van der Waals surface area contributed by atoms with Gasteiger partial charge in [0.05, 0.1) is 18.9 Å². The smallest absolute Gasteiger partial charge is 0.251 e. The lowest BCUT2D eigenvalue weighted by molar-refractivity contribution is -0.115. The molecule has 1 aromatic rings. The van der Waals surface area contributed by atoms with Crippen LogP contribution >= 0.6 is 11.8 Å². The molecule has 2 amide bonds. The highest BCUT2D eigenvalue weighted by atomic mass is 32.2. The summed E-state index contributed by atoms with van der Waals surface area (Å²) in [5.41, 5.74) is 1.31. The second kappa shape index (κ2) is 8.00. The Labute approximate surface area is 146 Å². The van der Waals surface area contributed by atoms with Gasteiger partial charge >= 0.3 is 0 Å². The van der Waals surface area contributed by atoms with Crippen molar-refractivity contribution >= 4 is 29.3 Å². The number of rotatable bonds is 4. The highest BCUT2D eigenvalue weighted by Gasteiger charge is 2.18. The molecule has 3 rings (SSSR count). The summed E-state index contributed by atoms with van der Waals surface area (Å²) in [6.45, 7) is 6.14. The summed E-state index contributed by atoms with van der Waals surface area (Å²) in [6.07, 6.45) is 0.497. The first-order valence-corrected chi connectivity index (χ1v) is 9.28. The number of nitrogens with one attached hydrogen (secondary N) is 2. The molecule has 1 aromatic carbocycles. The van der Waals surface area contributed by atoms with Gasteiger partial charge in [-0.05, 0) is 25.1 Å². The van der Waals surface area contributed by atoms with Crippen LogP contribution < -0.4 is 10.6 Å². The Balaban J connectivity index is 1.61. The van der Waals surface area contributed by atoms with E-state index in [1.54, 1.807) is 17.8 Å². The Morgan fingerprint density at radius 2 is 2.21 bits per heavy atom. The van der Waals surface area contributed by atoms with Crippen molar-refractivity contribution in [1.82, 2.24) is 10.2 Å². The molecular formula is C17H23N3O3S.